The highest BCUT2D eigenvalue weighted by Crippen LogP contribution is 2.39. The number of rotatable bonds is 5. The van der Waals surface area contributed by atoms with Gasteiger partial charge in [-0.15, -0.1) is 0 Å². The van der Waals surface area contributed by atoms with Crippen LogP contribution in [0.25, 0.3) is 0 Å². The molecule has 2 aromatic rings. The number of hydrogen-bond acceptors (Lipinski definition) is 5. The Morgan fingerprint density at radius 1 is 1.12 bits per heavy atom. The lowest BCUT2D eigenvalue weighted by atomic mass is 9.88. The van der Waals surface area contributed by atoms with Crippen LogP contribution in [0.5, 0.6) is 0 Å². The summed E-state index contributed by atoms with van der Waals surface area (Å²) in [4.78, 5) is 14.7. The van der Waals surface area contributed by atoms with Crippen molar-refractivity contribution in [2.24, 2.45) is 0 Å². The number of hydrogen-bond donors (Lipinski definition) is 1. The number of ether oxygens (including phenoxy) is 1. The molecule has 6 nitrogen and oxygen atoms in total. The van der Waals surface area contributed by atoms with Crippen molar-refractivity contribution < 1.29 is 18.4 Å². The Bertz CT molecular complexity index is 672. The summed E-state index contributed by atoms with van der Waals surface area (Å²) >= 11 is 0. The Morgan fingerprint density at radius 3 is 2.52 bits per heavy atom. The molecule has 25 heavy (non-hydrogen) atoms. The number of furan rings is 2. The number of carbonyl (C=O) groups excluding carboxylic acids is 1. The number of amides is 1. The Balaban J connectivity index is 1.25. The van der Waals surface area contributed by atoms with Crippen LogP contribution in [0.2, 0.25) is 0 Å². The molecular formula is C19H24N2O4. The highest BCUT2D eigenvalue weighted by molar-refractivity contribution is 5.81. The standard InChI is InChI=1S/C19H24N2O4/c22-18(20-13-15-3-1-11-23-15)17-5-6-19(25-17)7-9-21(10-8-19)14-16-4-2-12-24-16/h1-4,11-12,17H,5-10,13-14H2,(H,20,22)/t17-/m0/s1. The second-order valence-corrected chi connectivity index (χ2v) is 6.98. The molecule has 0 radical (unpaired) electrons. The van der Waals surface area contributed by atoms with Gasteiger partial charge in [-0.2, -0.15) is 0 Å². The zero-order valence-electron chi connectivity index (χ0n) is 14.3. The molecule has 4 heterocycles. The predicted octanol–water partition coefficient (Wildman–Crippen LogP) is 2.70. The molecule has 0 aromatic carbocycles. The van der Waals surface area contributed by atoms with Gasteiger partial charge in [-0.1, -0.05) is 0 Å². The van der Waals surface area contributed by atoms with Gasteiger partial charge in [0.25, 0.3) is 0 Å². The Hall–Kier alpha value is -2.05. The second kappa shape index (κ2) is 7.06. The minimum absolute atomic E-state index is 0.0358. The van der Waals surface area contributed by atoms with Crippen molar-refractivity contribution in [3.63, 3.8) is 0 Å². The highest BCUT2D eigenvalue weighted by Gasteiger charge is 2.44. The topological polar surface area (TPSA) is 67.9 Å². The van der Waals surface area contributed by atoms with E-state index in [0.717, 1.165) is 56.8 Å². The van der Waals surface area contributed by atoms with Gasteiger partial charge in [0.05, 0.1) is 31.2 Å². The summed E-state index contributed by atoms with van der Waals surface area (Å²) in [7, 11) is 0. The van der Waals surface area contributed by atoms with Gasteiger partial charge in [0, 0.05) is 13.1 Å². The molecule has 0 saturated carbocycles. The van der Waals surface area contributed by atoms with E-state index in [1.165, 1.54) is 0 Å². The van der Waals surface area contributed by atoms with E-state index in [-0.39, 0.29) is 17.6 Å². The van der Waals surface area contributed by atoms with Crippen molar-refractivity contribution in [2.45, 2.75) is 50.5 Å². The van der Waals surface area contributed by atoms with Gasteiger partial charge in [0.2, 0.25) is 5.91 Å². The first kappa shape index (κ1) is 16.4. The van der Waals surface area contributed by atoms with Crippen molar-refractivity contribution in [1.82, 2.24) is 10.2 Å². The van der Waals surface area contributed by atoms with Crippen molar-refractivity contribution in [2.75, 3.05) is 13.1 Å². The van der Waals surface area contributed by atoms with Crippen LogP contribution >= 0.6 is 0 Å². The Labute approximate surface area is 147 Å². The Kier molecular flexibility index (Phi) is 4.63. The van der Waals surface area contributed by atoms with E-state index in [1.54, 1.807) is 12.5 Å². The van der Waals surface area contributed by atoms with Crippen LogP contribution in [0.4, 0.5) is 0 Å². The molecule has 2 aliphatic heterocycles. The second-order valence-electron chi connectivity index (χ2n) is 6.98. The van der Waals surface area contributed by atoms with E-state index in [9.17, 15) is 4.79 Å². The molecule has 4 rings (SSSR count). The normalized spacial score (nSPS) is 23.1. The SMILES string of the molecule is O=C(NCc1ccco1)[C@@H]1CCC2(CCN(Cc3ccco3)CC2)O1. The van der Waals surface area contributed by atoms with Gasteiger partial charge in [-0.05, 0) is 49.9 Å². The summed E-state index contributed by atoms with van der Waals surface area (Å²) in [6.07, 6.45) is 6.67. The van der Waals surface area contributed by atoms with Gasteiger partial charge in [-0.3, -0.25) is 9.69 Å². The first-order valence-corrected chi connectivity index (χ1v) is 8.95. The molecule has 1 spiro atoms. The summed E-state index contributed by atoms with van der Waals surface area (Å²) in [5.74, 6) is 1.72. The first-order chi connectivity index (χ1) is 12.2. The van der Waals surface area contributed by atoms with Crippen LogP contribution < -0.4 is 5.32 Å². The van der Waals surface area contributed by atoms with Crippen LogP contribution in [0, 0.1) is 0 Å². The minimum atomic E-state index is -0.341. The molecule has 134 valence electrons. The summed E-state index contributed by atoms with van der Waals surface area (Å²) in [5, 5.41) is 2.91. The largest absolute Gasteiger partial charge is 0.468 e. The maximum atomic E-state index is 12.3. The van der Waals surface area contributed by atoms with Crippen LogP contribution in [0.3, 0.4) is 0 Å². The molecule has 1 amide bonds. The van der Waals surface area contributed by atoms with Crippen molar-refractivity contribution in [3.8, 4) is 0 Å². The lowest BCUT2D eigenvalue weighted by molar-refractivity contribution is -0.141. The smallest absolute Gasteiger partial charge is 0.249 e. The van der Waals surface area contributed by atoms with Gasteiger partial charge in [0.1, 0.15) is 17.6 Å². The van der Waals surface area contributed by atoms with E-state index in [1.807, 2.05) is 24.3 Å². The number of nitrogens with zero attached hydrogens (tertiary/aromatic N) is 1. The van der Waals surface area contributed by atoms with E-state index in [0.29, 0.717) is 6.54 Å². The number of piperidine rings is 1. The van der Waals surface area contributed by atoms with Crippen LogP contribution in [-0.4, -0.2) is 35.6 Å². The maximum absolute atomic E-state index is 12.3. The number of carbonyl (C=O) groups is 1. The lowest BCUT2D eigenvalue weighted by Gasteiger charge is -2.38. The van der Waals surface area contributed by atoms with Crippen LogP contribution in [0.1, 0.15) is 37.2 Å². The summed E-state index contributed by atoms with van der Waals surface area (Å²) in [6, 6.07) is 7.60. The monoisotopic (exact) mass is 344 g/mol. The average molecular weight is 344 g/mol. The Morgan fingerprint density at radius 2 is 1.84 bits per heavy atom. The summed E-state index contributed by atoms with van der Waals surface area (Å²) in [5.41, 5.74) is -0.133. The fourth-order valence-electron chi connectivity index (χ4n) is 3.81. The maximum Gasteiger partial charge on any atom is 0.249 e. The number of likely N-dealkylation sites (tertiary alicyclic amines) is 1. The molecule has 0 unspecified atom stereocenters. The lowest BCUT2D eigenvalue weighted by Crippen LogP contribution is -2.45. The average Bonchev–Trinajstić information content (AvgIpc) is 3.37. The van der Waals surface area contributed by atoms with Crippen molar-refractivity contribution in [3.05, 3.63) is 48.3 Å². The van der Waals surface area contributed by atoms with Crippen LogP contribution in [0.15, 0.2) is 45.6 Å². The number of nitrogens with one attached hydrogen (secondary N) is 1. The minimum Gasteiger partial charge on any atom is -0.468 e. The van der Waals surface area contributed by atoms with Crippen LogP contribution in [-0.2, 0) is 22.6 Å². The quantitative estimate of drug-likeness (QED) is 0.903. The van der Waals surface area contributed by atoms with E-state index in [4.69, 9.17) is 13.6 Å². The molecule has 6 heteroatoms. The fraction of sp³-hybridized carbons (Fsp3) is 0.526. The van der Waals surface area contributed by atoms with E-state index >= 15 is 0 Å². The van der Waals surface area contributed by atoms with Gasteiger partial charge in [0.15, 0.2) is 0 Å². The molecule has 1 atom stereocenters. The van der Waals surface area contributed by atoms with E-state index < -0.39 is 0 Å². The van der Waals surface area contributed by atoms with Gasteiger partial charge >= 0.3 is 0 Å². The fourth-order valence-corrected chi connectivity index (χ4v) is 3.81. The zero-order chi connectivity index (χ0) is 17.1. The molecule has 0 aliphatic carbocycles. The molecule has 2 saturated heterocycles. The summed E-state index contributed by atoms with van der Waals surface area (Å²) < 4.78 is 16.9. The molecule has 2 aromatic heterocycles. The van der Waals surface area contributed by atoms with Crippen molar-refractivity contribution >= 4 is 5.91 Å². The zero-order valence-corrected chi connectivity index (χ0v) is 14.3. The summed E-state index contributed by atoms with van der Waals surface area (Å²) in [6.45, 7) is 3.20. The first-order valence-electron chi connectivity index (χ1n) is 8.95. The third-order valence-corrected chi connectivity index (χ3v) is 5.29. The van der Waals surface area contributed by atoms with Gasteiger partial charge < -0.3 is 18.9 Å². The molecule has 0 bridgehead atoms. The highest BCUT2D eigenvalue weighted by atomic mass is 16.5. The third kappa shape index (κ3) is 3.80. The third-order valence-electron chi connectivity index (χ3n) is 5.29. The van der Waals surface area contributed by atoms with E-state index in [2.05, 4.69) is 10.2 Å². The van der Waals surface area contributed by atoms with Crippen molar-refractivity contribution in [1.29, 1.82) is 0 Å². The molecule has 1 N–H and O–H groups in total. The molecular weight excluding hydrogens is 320 g/mol. The molecule has 2 fully saturated rings. The predicted molar refractivity (Wildman–Crippen MR) is 90.6 cm³/mol. The molecule has 2 aliphatic rings. The van der Waals surface area contributed by atoms with Gasteiger partial charge in [-0.25, -0.2) is 0 Å².